The van der Waals surface area contributed by atoms with Crippen LogP contribution in [0.25, 0.3) is 0 Å². The highest BCUT2D eigenvalue weighted by Gasteiger charge is 2.48. The van der Waals surface area contributed by atoms with Gasteiger partial charge in [0.25, 0.3) is 0 Å². The van der Waals surface area contributed by atoms with Crippen molar-refractivity contribution in [2.24, 2.45) is 5.41 Å². The molecule has 1 aromatic rings. The molecule has 0 saturated heterocycles. The summed E-state index contributed by atoms with van der Waals surface area (Å²) >= 11 is 0. The Kier molecular flexibility index (Phi) is 3.87. The first-order valence-electron chi connectivity index (χ1n) is 8.53. The lowest BCUT2D eigenvalue weighted by atomic mass is 9.98. The van der Waals surface area contributed by atoms with Crippen molar-refractivity contribution in [1.82, 2.24) is 4.98 Å². The van der Waals surface area contributed by atoms with Gasteiger partial charge in [-0.1, -0.05) is 19.8 Å². The second kappa shape index (κ2) is 5.56. The van der Waals surface area contributed by atoms with Gasteiger partial charge in [0, 0.05) is 11.0 Å². The number of carbonyl (C=O) groups excluding carboxylic acids is 1. The molecule has 22 heavy (non-hydrogen) atoms. The summed E-state index contributed by atoms with van der Waals surface area (Å²) < 4.78 is 0. The SMILES string of the molecule is CCCCC1(C(=O)Nc2cnc(NC3(C)CC3)c(C)c2)CC1. The second-order valence-corrected chi connectivity index (χ2v) is 7.41. The maximum atomic E-state index is 12.5. The molecular weight excluding hydrogens is 274 g/mol. The Morgan fingerprint density at radius 1 is 1.32 bits per heavy atom. The van der Waals surface area contributed by atoms with Crippen LogP contribution in [0.1, 0.15) is 64.4 Å². The van der Waals surface area contributed by atoms with Crippen LogP contribution in [-0.2, 0) is 4.79 Å². The molecule has 0 unspecified atom stereocenters. The molecular formula is C18H27N3O. The van der Waals surface area contributed by atoms with E-state index >= 15 is 0 Å². The number of pyridine rings is 1. The van der Waals surface area contributed by atoms with Crippen LogP contribution in [0.4, 0.5) is 11.5 Å². The van der Waals surface area contributed by atoms with Crippen LogP contribution in [0.5, 0.6) is 0 Å². The zero-order valence-corrected chi connectivity index (χ0v) is 14.0. The summed E-state index contributed by atoms with van der Waals surface area (Å²) in [4.78, 5) is 17.0. The molecule has 0 bridgehead atoms. The number of rotatable bonds is 7. The molecule has 3 rings (SSSR count). The first-order valence-corrected chi connectivity index (χ1v) is 8.53. The fraction of sp³-hybridized carbons (Fsp3) is 0.667. The molecule has 1 amide bonds. The van der Waals surface area contributed by atoms with Crippen molar-refractivity contribution in [3.63, 3.8) is 0 Å². The lowest BCUT2D eigenvalue weighted by Gasteiger charge is -2.17. The highest BCUT2D eigenvalue weighted by Crippen LogP contribution is 2.50. The van der Waals surface area contributed by atoms with Gasteiger partial charge >= 0.3 is 0 Å². The van der Waals surface area contributed by atoms with Crippen molar-refractivity contribution in [3.05, 3.63) is 17.8 Å². The minimum absolute atomic E-state index is 0.0949. The van der Waals surface area contributed by atoms with E-state index in [1.165, 1.54) is 12.8 Å². The molecule has 2 N–H and O–H groups in total. The molecule has 0 spiro atoms. The van der Waals surface area contributed by atoms with Crippen LogP contribution in [-0.4, -0.2) is 16.4 Å². The quantitative estimate of drug-likeness (QED) is 0.791. The van der Waals surface area contributed by atoms with Crippen molar-refractivity contribution >= 4 is 17.4 Å². The van der Waals surface area contributed by atoms with Crippen molar-refractivity contribution in [2.75, 3.05) is 10.6 Å². The van der Waals surface area contributed by atoms with Crippen LogP contribution in [0.2, 0.25) is 0 Å². The molecule has 0 radical (unpaired) electrons. The minimum Gasteiger partial charge on any atom is -0.365 e. The number of hydrogen-bond acceptors (Lipinski definition) is 3. The topological polar surface area (TPSA) is 54.0 Å². The summed E-state index contributed by atoms with van der Waals surface area (Å²) in [5, 5.41) is 6.56. The van der Waals surface area contributed by atoms with E-state index in [2.05, 4.69) is 29.5 Å². The molecule has 0 aromatic carbocycles. The fourth-order valence-corrected chi connectivity index (χ4v) is 2.89. The van der Waals surface area contributed by atoms with E-state index < -0.39 is 0 Å². The van der Waals surface area contributed by atoms with E-state index in [0.29, 0.717) is 0 Å². The predicted molar refractivity (Wildman–Crippen MR) is 90.1 cm³/mol. The molecule has 0 aliphatic heterocycles. The molecule has 2 aliphatic rings. The van der Waals surface area contributed by atoms with E-state index in [1.54, 1.807) is 6.20 Å². The number of carbonyl (C=O) groups is 1. The number of amides is 1. The van der Waals surface area contributed by atoms with Gasteiger partial charge in [-0.3, -0.25) is 4.79 Å². The third kappa shape index (κ3) is 3.26. The third-order valence-corrected chi connectivity index (χ3v) is 5.10. The first kappa shape index (κ1) is 15.3. The van der Waals surface area contributed by atoms with Crippen LogP contribution < -0.4 is 10.6 Å². The normalized spacial score (nSPS) is 20.3. The zero-order chi connectivity index (χ0) is 15.8. The average molecular weight is 301 g/mol. The first-order chi connectivity index (χ1) is 10.5. The number of hydrogen-bond donors (Lipinski definition) is 2. The Balaban J connectivity index is 1.63. The number of nitrogens with one attached hydrogen (secondary N) is 2. The van der Waals surface area contributed by atoms with E-state index in [9.17, 15) is 4.79 Å². The Bertz CT molecular complexity index is 574. The molecule has 0 atom stereocenters. The number of aromatic nitrogens is 1. The smallest absolute Gasteiger partial charge is 0.230 e. The maximum Gasteiger partial charge on any atom is 0.230 e. The van der Waals surface area contributed by atoms with Gasteiger partial charge in [0.05, 0.1) is 11.9 Å². The molecule has 4 heteroatoms. The van der Waals surface area contributed by atoms with Gasteiger partial charge in [-0.2, -0.15) is 0 Å². The monoisotopic (exact) mass is 301 g/mol. The lowest BCUT2D eigenvalue weighted by Crippen LogP contribution is -2.24. The second-order valence-electron chi connectivity index (χ2n) is 7.41. The third-order valence-electron chi connectivity index (χ3n) is 5.10. The van der Waals surface area contributed by atoms with Gasteiger partial charge in [0.2, 0.25) is 5.91 Å². The van der Waals surface area contributed by atoms with E-state index in [1.807, 2.05) is 13.0 Å². The predicted octanol–water partition coefficient (Wildman–Crippen LogP) is 4.26. The Morgan fingerprint density at radius 2 is 2.05 bits per heavy atom. The van der Waals surface area contributed by atoms with E-state index in [4.69, 9.17) is 0 Å². The van der Waals surface area contributed by atoms with Crippen LogP contribution >= 0.6 is 0 Å². The largest absolute Gasteiger partial charge is 0.365 e. The fourth-order valence-electron chi connectivity index (χ4n) is 2.89. The Labute approximate surface area is 133 Å². The average Bonchev–Trinajstić information content (AvgIpc) is 3.38. The molecule has 1 heterocycles. The minimum atomic E-state index is -0.0949. The molecule has 120 valence electrons. The number of aryl methyl sites for hydroxylation is 1. The van der Waals surface area contributed by atoms with Gasteiger partial charge < -0.3 is 10.6 Å². The van der Waals surface area contributed by atoms with Gasteiger partial charge in [-0.05, 0) is 57.6 Å². The summed E-state index contributed by atoms with van der Waals surface area (Å²) in [6.45, 7) is 6.43. The Hall–Kier alpha value is -1.58. The summed E-state index contributed by atoms with van der Waals surface area (Å²) in [7, 11) is 0. The highest BCUT2D eigenvalue weighted by atomic mass is 16.2. The van der Waals surface area contributed by atoms with E-state index in [0.717, 1.165) is 49.2 Å². The lowest BCUT2D eigenvalue weighted by molar-refractivity contribution is -0.121. The summed E-state index contributed by atoms with van der Waals surface area (Å²) in [5.41, 5.74) is 2.03. The maximum absolute atomic E-state index is 12.5. The van der Waals surface area contributed by atoms with Gasteiger partial charge in [-0.25, -0.2) is 4.98 Å². The molecule has 1 aromatic heterocycles. The standard InChI is InChI=1S/C18H27N3O/c1-4-5-6-18(9-10-18)16(22)20-14-11-13(2)15(19-12-14)21-17(3)7-8-17/h11-12H,4-10H2,1-3H3,(H,19,21)(H,20,22). The van der Waals surface area contributed by atoms with Crippen molar-refractivity contribution < 1.29 is 4.79 Å². The van der Waals surface area contributed by atoms with Gasteiger partial charge in [0.1, 0.15) is 5.82 Å². The molecule has 2 aliphatic carbocycles. The summed E-state index contributed by atoms with van der Waals surface area (Å²) in [6, 6.07) is 2.02. The van der Waals surface area contributed by atoms with Crippen molar-refractivity contribution in [2.45, 2.75) is 71.3 Å². The number of unbranched alkanes of at least 4 members (excludes halogenated alkanes) is 1. The molecule has 2 saturated carbocycles. The molecule has 2 fully saturated rings. The number of anilines is 2. The van der Waals surface area contributed by atoms with Gasteiger partial charge in [-0.15, -0.1) is 0 Å². The van der Waals surface area contributed by atoms with E-state index in [-0.39, 0.29) is 16.9 Å². The molecule has 4 nitrogen and oxygen atoms in total. The highest BCUT2D eigenvalue weighted by molar-refractivity contribution is 5.97. The van der Waals surface area contributed by atoms with Gasteiger partial charge in [0.15, 0.2) is 0 Å². The zero-order valence-electron chi connectivity index (χ0n) is 14.0. The summed E-state index contributed by atoms with van der Waals surface area (Å²) in [5.74, 6) is 1.11. The van der Waals surface area contributed by atoms with Crippen LogP contribution in [0, 0.1) is 12.3 Å². The van der Waals surface area contributed by atoms with Crippen LogP contribution in [0.3, 0.4) is 0 Å². The van der Waals surface area contributed by atoms with Crippen LogP contribution in [0.15, 0.2) is 12.3 Å². The van der Waals surface area contributed by atoms with Crippen molar-refractivity contribution in [3.8, 4) is 0 Å². The van der Waals surface area contributed by atoms with Crippen molar-refractivity contribution in [1.29, 1.82) is 0 Å². The summed E-state index contributed by atoms with van der Waals surface area (Å²) in [6.07, 6.45) is 9.53. The Morgan fingerprint density at radius 3 is 2.59 bits per heavy atom. The number of nitrogens with zero attached hydrogens (tertiary/aromatic N) is 1.